The van der Waals surface area contributed by atoms with Crippen molar-refractivity contribution in [3.8, 4) is 11.5 Å². The molecule has 0 spiro atoms. The number of ether oxygens (including phenoxy) is 2. The van der Waals surface area contributed by atoms with Crippen molar-refractivity contribution >= 4 is 11.9 Å². The van der Waals surface area contributed by atoms with Gasteiger partial charge in [-0.25, -0.2) is 4.79 Å². The van der Waals surface area contributed by atoms with Crippen LogP contribution in [0.5, 0.6) is 11.5 Å². The molecule has 0 saturated carbocycles. The second-order valence-electron chi connectivity index (χ2n) is 6.58. The zero-order chi connectivity index (χ0) is 20.4. The van der Waals surface area contributed by atoms with Crippen LogP contribution in [0.25, 0.3) is 0 Å². The molecule has 2 rings (SSSR count). The van der Waals surface area contributed by atoms with Crippen molar-refractivity contribution in [1.29, 1.82) is 0 Å². The highest BCUT2D eigenvalue weighted by atomic mass is 16.6. The molecular formula is C23H29NO4. The summed E-state index contributed by atoms with van der Waals surface area (Å²) in [7, 11) is 0. The van der Waals surface area contributed by atoms with Crippen LogP contribution >= 0.6 is 0 Å². The molecule has 0 aliphatic carbocycles. The van der Waals surface area contributed by atoms with Gasteiger partial charge in [0.15, 0.2) is 5.78 Å². The van der Waals surface area contributed by atoms with E-state index >= 15 is 0 Å². The first kappa shape index (κ1) is 21.5. The average molecular weight is 383 g/mol. The Hall–Kier alpha value is -2.82. The number of hydrogen-bond acceptors (Lipinski definition) is 4. The number of carbonyl (C=O) groups is 2. The quantitative estimate of drug-likeness (QED) is 0.414. The number of unbranched alkanes of at least 4 members (excludes halogenated alkanes) is 1. The highest BCUT2D eigenvalue weighted by molar-refractivity contribution is 5.99. The van der Waals surface area contributed by atoms with Crippen LogP contribution < -0.4 is 9.47 Å². The van der Waals surface area contributed by atoms with E-state index in [-0.39, 0.29) is 5.78 Å². The summed E-state index contributed by atoms with van der Waals surface area (Å²) < 4.78 is 11.1. The largest absolute Gasteiger partial charge is 0.494 e. The summed E-state index contributed by atoms with van der Waals surface area (Å²) in [5.74, 6) is 1.14. The van der Waals surface area contributed by atoms with Gasteiger partial charge in [-0.2, -0.15) is 0 Å². The van der Waals surface area contributed by atoms with Gasteiger partial charge in [0.2, 0.25) is 0 Å². The summed E-state index contributed by atoms with van der Waals surface area (Å²) in [6, 6.07) is 14.9. The zero-order valence-corrected chi connectivity index (χ0v) is 16.9. The van der Waals surface area contributed by atoms with Crippen molar-refractivity contribution in [1.82, 2.24) is 4.90 Å². The Morgan fingerprint density at radius 3 is 2.36 bits per heavy atom. The van der Waals surface area contributed by atoms with E-state index in [9.17, 15) is 9.59 Å². The molecule has 5 heteroatoms. The lowest BCUT2D eigenvalue weighted by Gasteiger charge is -2.19. The van der Waals surface area contributed by atoms with Crippen molar-refractivity contribution in [2.45, 2.75) is 40.0 Å². The van der Waals surface area contributed by atoms with Gasteiger partial charge in [-0.3, -0.25) is 4.79 Å². The predicted molar refractivity (Wildman–Crippen MR) is 110 cm³/mol. The lowest BCUT2D eigenvalue weighted by atomic mass is 10.0. The van der Waals surface area contributed by atoms with Gasteiger partial charge in [-0.15, -0.1) is 0 Å². The molecule has 0 N–H and O–H groups in total. The summed E-state index contributed by atoms with van der Waals surface area (Å²) in [6.45, 7) is 7.39. The van der Waals surface area contributed by atoms with Gasteiger partial charge in [-0.05, 0) is 57.9 Å². The van der Waals surface area contributed by atoms with Gasteiger partial charge in [0.05, 0.1) is 12.2 Å². The maximum Gasteiger partial charge on any atom is 0.415 e. The van der Waals surface area contributed by atoms with Crippen LogP contribution in [-0.2, 0) is 0 Å². The molecule has 1 amide bonds. The van der Waals surface area contributed by atoms with E-state index in [2.05, 4.69) is 0 Å². The average Bonchev–Trinajstić information content (AvgIpc) is 2.70. The number of amides is 1. The molecule has 0 bridgehead atoms. The number of para-hydroxylation sites is 1. The van der Waals surface area contributed by atoms with Crippen LogP contribution in [0, 0.1) is 6.92 Å². The molecular weight excluding hydrogens is 354 g/mol. The minimum Gasteiger partial charge on any atom is -0.494 e. The molecule has 0 unspecified atom stereocenters. The molecule has 5 nitrogen and oxygen atoms in total. The number of hydrogen-bond donors (Lipinski definition) is 0. The third-order valence-corrected chi connectivity index (χ3v) is 4.46. The van der Waals surface area contributed by atoms with Gasteiger partial charge in [0, 0.05) is 19.5 Å². The van der Waals surface area contributed by atoms with Gasteiger partial charge >= 0.3 is 6.09 Å². The van der Waals surface area contributed by atoms with Crippen molar-refractivity contribution in [3.05, 3.63) is 59.7 Å². The number of rotatable bonds is 10. The Kier molecular flexibility index (Phi) is 8.53. The topological polar surface area (TPSA) is 55.8 Å². The fourth-order valence-electron chi connectivity index (χ4n) is 2.82. The van der Waals surface area contributed by atoms with Crippen molar-refractivity contribution in [3.63, 3.8) is 0 Å². The summed E-state index contributed by atoms with van der Waals surface area (Å²) in [4.78, 5) is 26.5. The molecule has 0 aliphatic heterocycles. The minimum atomic E-state index is -0.431. The number of benzene rings is 2. The lowest BCUT2D eigenvalue weighted by Crippen LogP contribution is -2.33. The molecule has 28 heavy (non-hydrogen) atoms. The second-order valence-corrected chi connectivity index (χ2v) is 6.58. The molecule has 0 fully saturated rings. The molecule has 150 valence electrons. The minimum absolute atomic E-state index is 0.0224. The van der Waals surface area contributed by atoms with E-state index in [0.717, 1.165) is 17.7 Å². The molecule has 0 aliphatic rings. The standard InChI is InChI=1S/C23H29NO4/c1-4-24(5-2)23(26)28-22-15-14-18(3)17-20(22)21(25)13-9-10-16-27-19-11-7-6-8-12-19/h6-8,11-12,14-15,17H,4-5,9-10,13,16H2,1-3H3. The predicted octanol–water partition coefficient (Wildman–Crippen LogP) is 5.27. The van der Waals surface area contributed by atoms with Crippen LogP contribution in [0.4, 0.5) is 4.79 Å². The van der Waals surface area contributed by atoms with E-state index in [1.807, 2.05) is 57.2 Å². The summed E-state index contributed by atoms with van der Waals surface area (Å²) in [6.07, 6.45) is 1.45. The first-order chi connectivity index (χ1) is 13.5. The van der Waals surface area contributed by atoms with Crippen LogP contribution in [0.15, 0.2) is 48.5 Å². The maximum absolute atomic E-state index is 12.7. The highest BCUT2D eigenvalue weighted by Crippen LogP contribution is 2.23. The molecule has 0 heterocycles. The van der Waals surface area contributed by atoms with Crippen molar-refractivity contribution in [2.75, 3.05) is 19.7 Å². The Morgan fingerprint density at radius 2 is 1.68 bits per heavy atom. The molecule has 0 aromatic heterocycles. The Labute approximate surface area is 167 Å². The number of Topliss-reactive ketones (excluding diaryl/α,β-unsaturated/α-hetero) is 1. The molecule has 0 saturated heterocycles. The fourth-order valence-corrected chi connectivity index (χ4v) is 2.82. The van der Waals surface area contributed by atoms with Gasteiger partial charge < -0.3 is 14.4 Å². The monoisotopic (exact) mass is 383 g/mol. The van der Waals surface area contributed by atoms with Crippen molar-refractivity contribution in [2.24, 2.45) is 0 Å². The molecule has 0 atom stereocenters. The van der Waals surface area contributed by atoms with Crippen LogP contribution in [0.1, 0.15) is 49.0 Å². The first-order valence-corrected chi connectivity index (χ1v) is 9.83. The Balaban J connectivity index is 1.90. The van der Waals surface area contributed by atoms with Gasteiger partial charge in [0.1, 0.15) is 11.5 Å². The van der Waals surface area contributed by atoms with E-state index < -0.39 is 6.09 Å². The van der Waals surface area contributed by atoms with Crippen LogP contribution in [0.2, 0.25) is 0 Å². The second kappa shape index (κ2) is 11.1. The number of carbonyl (C=O) groups excluding carboxylic acids is 2. The molecule has 2 aromatic carbocycles. The maximum atomic E-state index is 12.7. The summed E-state index contributed by atoms with van der Waals surface area (Å²) in [5, 5.41) is 0. The number of nitrogens with zero attached hydrogens (tertiary/aromatic N) is 1. The Morgan fingerprint density at radius 1 is 0.964 bits per heavy atom. The first-order valence-electron chi connectivity index (χ1n) is 9.83. The highest BCUT2D eigenvalue weighted by Gasteiger charge is 2.18. The number of aryl methyl sites for hydroxylation is 1. The van der Waals surface area contributed by atoms with E-state index in [0.29, 0.717) is 43.9 Å². The molecule has 2 aromatic rings. The van der Waals surface area contributed by atoms with E-state index in [4.69, 9.17) is 9.47 Å². The fraction of sp³-hybridized carbons (Fsp3) is 0.391. The summed E-state index contributed by atoms with van der Waals surface area (Å²) >= 11 is 0. The van der Waals surface area contributed by atoms with Gasteiger partial charge in [0.25, 0.3) is 0 Å². The molecule has 0 radical (unpaired) electrons. The smallest absolute Gasteiger partial charge is 0.415 e. The zero-order valence-electron chi connectivity index (χ0n) is 16.9. The third-order valence-electron chi connectivity index (χ3n) is 4.46. The normalized spacial score (nSPS) is 10.4. The van der Waals surface area contributed by atoms with E-state index in [1.165, 1.54) is 0 Å². The van der Waals surface area contributed by atoms with Crippen LogP contribution in [0.3, 0.4) is 0 Å². The SMILES string of the molecule is CCN(CC)C(=O)Oc1ccc(C)cc1C(=O)CCCCOc1ccccc1. The Bertz CT molecular complexity index is 769. The lowest BCUT2D eigenvalue weighted by molar-refractivity contribution is 0.0974. The van der Waals surface area contributed by atoms with Gasteiger partial charge in [-0.1, -0.05) is 29.8 Å². The van der Waals surface area contributed by atoms with Crippen LogP contribution in [-0.4, -0.2) is 36.5 Å². The number of ketones is 1. The van der Waals surface area contributed by atoms with Crippen molar-refractivity contribution < 1.29 is 19.1 Å². The van der Waals surface area contributed by atoms with E-state index in [1.54, 1.807) is 17.0 Å². The summed E-state index contributed by atoms with van der Waals surface area (Å²) in [5.41, 5.74) is 1.42. The third kappa shape index (κ3) is 6.41.